The highest BCUT2D eigenvalue weighted by molar-refractivity contribution is 4.79. The predicted molar refractivity (Wildman–Crippen MR) is 127 cm³/mol. The number of hydrogen-bond donors (Lipinski definition) is 1. The summed E-state index contributed by atoms with van der Waals surface area (Å²) < 4.78 is 0. The normalized spacial score (nSPS) is 13.3. The molecule has 170 valence electrons. The largest absolute Gasteiger partial charge is 0.317 e. The Morgan fingerprint density at radius 2 is 1.11 bits per heavy atom. The van der Waals surface area contributed by atoms with E-state index in [1.54, 1.807) is 0 Å². The van der Waals surface area contributed by atoms with Crippen LogP contribution in [0.2, 0.25) is 0 Å². The summed E-state index contributed by atoms with van der Waals surface area (Å²) >= 11 is 0. The van der Waals surface area contributed by atoms with Gasteiger partial charge < -0.3 is 15.1 Å². The molecule has 1 N–H and O–H groups in total. The zero-order valence-electron chi connectivity index (χ0n) is 21.1. The summed E-state index contributed by atoms with van der Waals surface area (Å²) in [6.07, 6.45) is 3.74. The first-order chi connectivity index (χ1) is 13.0. The van der Waals surface area contributed by atoms with Crippen molar-refractivity contribution in [3.63, 3.8) is 0 Å². The van der Waals surface area contributed by atoms with Crippen LogP contribution in [0.15, 0.2) is 0 Å². The van der Waals surface area contributed by atoms with Crippen molar-refractivity contribution in [2.24, 2.45) is 0 Å². The first-order valence-electron chi connectivity index (χ1n) is 12.0. The lowest BCUT2D eigenvalue weighted by atomic mass is 10.0. The van der Waals surface area contributed by atoms with Gasteiger partial charge in [-0.15, -0.1) is 0 Å². The van der Waals surface area contributed by atoms with E-state index in [2.05, 4.69) is 89.3 Å². The van der Waals surface area contributed by atoms with E-state index in [1.807, 2.05) is 0 Å². The van der Waals surface area contributed by atoms with Crippen molar-refractivity contribution in [2.45, 2.75) is 112 Å². The third-order valence-corrected chi connectivity index (χ3v) is 5.79. The molecule has 0 heterocycles. The Morgan fingerprint density at radius 3 is 1.54 bits per heavy atom. The third kappa shape index (κ3) is 12.4. The molecule has 0 aliphatic heterocycles. The lowest BCUT2D eigenvalue weighted by molar-refractivity contribution is 0.0975. The third-order valence-electron chi connectivity index (χ3n) is 5.79. The molecule has 28 heavy (non-hydrogen) atoms. The molecule has 0 spiro atoms. The van der Waals surface area contributed by atoms with Gasteiger partial charge in [0.25, 0.3) is 0 Å². The smallest absolute Gasteiger partial charge is 0.0127 e. The monoisotopic (exact) mass is 398 g/mol. The minimum Gasteiger partial charge on any atom is -0.317 e. The van der Waals surface area contributed by atoms with Crippen LogP contribution in [0.4, 0.5) is 0 Å². The van der Waals surface area contributed by atoms with E-state index in [0.29, 0.717) is 18.1 Å². The molecule has 0 bridgehead atoms. The van der Waals surface area contributed by atoms with Crippen LogP contribution in [0, 0.1) is 0 Å². The van der Waals surface area contributed by atoms with Gasteiger partial charge in [0.05, 0.1) is 0 Å². The predicted octanol–water partition coefficient (Wildman–Crippen LogP) is 4.70. The lowest BCUT2D eigenvalue weighted by Crippen LogP contribution is -2.46. The maximum Gasteiger partial charge on any atom is 0.0127 e. The van der Waals surface area contributed by atoms with Crippen LogP contribution in [0.3, 0.4) is 0 Å². The van der Waals surface area contributed by atoms with Crippen LogP contribution in [0.5, 0.6) is 0 Å². The molecule has 0 radical (unpaired) electrons. The minimum atomic E-state index is 0.259. The maximum absolute atomic E-state index is 3.66. The molecule has 0 aromatic heterocycles. The average Bonchev–Trinajstić information content (AvgIpc) is 2.56. The number of nitrogens with zero attached hydrogens (tertiary/aromatic N) is 3. The molecule has 4 nitrogen and oxygen atoms in total. The van der Waals surface area contributed by atoms with Gasteiger partial charge in [0, 0.05) is 30.2 Å². The quantitative estimate of drug-likeness (QED) is 0.381. The Kier molecular flexibility index (Phi) is 14.7. The zero-order chi connectivity index (χ0) is 21.7. The standard InChI is InChI=1S/C24H54N4/c1-11-26(21(2)3)18-14-19-27(22(4)5)17-12-15-25-16-13-20-28(23(6)7)24(8,9)10/h21-23,25H,11-20H2,1-10H3. The molecule has 0 saturated carbocycles. The van der Waals surface area contributed by atoms with Crippen molar-refractivity contribution >= 4 is 0 Å². The molecule has 0 atom stereocenters. The van der Waals surface area contributed by atoms with Gasteiger partial charge in [-0.05, 0) is 121 Å². The van der Waals surface area contributed by atoms with Gasteiger partial charge >= 0.3 is 0 Å². The van der Waals surface area contributed by atoms with Crippen LogP contribution >= 0.6 is 0 Å². The van der Waals surface area contributed by atoms with E-state index in [9.17, 15) is 0 Å². The molecule has 0 amide bonds. The fraction of sp³-hybridized carbons (Fsp3) is 1.00. The zero-order valence-corrected chi connectivity index (χ0v) is 21.1. The van der Waals surface area contributed by atoms with E-state index < -0.39 is 0 Å². The van der Waals surface area contributed by atoms with Crippen LogP contribution in [0.25, 0.3) is 0 Å². The van der Waals surface area contributed by atoms with Gasteiger partial charge in [-0.3, -0.25) is 4.90 Å². The van der Waals surface area contributed by atoms with Crippen molar-refractivity contribution in [1.82, 2.24) is 20.0 Å². The van der Waals surface area contributed by atoms with Gasteiger partial charge in [-0.25, -0.2) is 0 Å². The van der Waals surface area contributed by atoms with Crippen molar-refractivity contribution < 1.29 is 0 Å². The highest BCUT2D eigenvalue weighted by atomic mass is 15.2. The van der Waals surface area contributed by atoms with E-state index in [-0.39, 0.29) is 5.54 Å². The van der Waals surface area contributed by atoms with Crippen molar-refractivity contribution in [3.8, 4) is 0 Å². The van der Waals surface area contributed by atoms with Gasteiger partial charge in [-0.1, -0.05) is 6.92 Å². The highest BCUT2D eigenvalue weighted by Crippen LogP contribution is 2.16. The summed E-state index contributed by atoms with van der Waals surface area (Å²) in [7, 11) is 0. The second-order valence-electron chi connectivity index (χ2n) is 10.1. The Balaban J connectivity index is 3.98. The molecule has 0 aliphatic carbocycles. The summed E-state index contributed by atoms with van der Waals surface area (Å²) in [5.74, 6) is 0. The van der Waals surface area contributed by atoms with Crippen LogP contribution in [-0.2, 0) is 0 Å². The molecule has 0 unspecified atom stereocenters. The summed E-state index contributed by atoms with van der Waals surface area (Å²) in [5.41, 5.74) is 0.259. The van der Waals surface area contributed by atoms with Crippen LogP contribution < -0.4 is 5.32 Å². The van der Waals surface area contributed by atoms with E-state index in [1.165, 1.54) is 45.4 Å². The average molecular weight is 399 g/mol. The Bertz CT molecular complexity index is 360. The van der Waals surface area contributed by atoms with Crippen molar-refractivity contribution in [1.29, 1.82) is 0 Å². The molecule has 0 rings (SSSR count). The Hall–Kier alpha value is -0.160. The first kappa shape index (κ1) is 27.8. The SMILES string of the molecule is CCN(CCCN(CCCNCCCN(C(C)C)C(C)(C)C)C(C)C)C(C)C. The molecule has 0 aliphatic rings. The van der Waals surface area contributed by atoms with Gasteiger partial charge in [0.15, 0.2) is 0 Å². The van der Waals surface area contributed by atoms with E-state index in [0.717, 1.165) is 19.6 Å². The van der Waals surface area contributed by atoms with Gasteiger partial charge in [0.2, 0.25) is 0 Å². The number of hydrogen-bond acceptors (Lipinski definition) is 4. The van der Waals surface area contributed by atoms with Crippen molar-refractivity contribution in [3.05, 3.63) is 0 Å². The molecule has 0 aromatic carbocycles. The van der Waals surface area contributed by atoms with Gasteiger partial charge in [-0.2, -0.15) is 0 Å². The molecule has 0 saturated heterocycles. The highest BCUT2D eigenvalue weighted by Gasteiger charge is 2.22. The fourth-order valence-corrected chi connectivity index (χ4v) is 4.16. The molecular weight excluding hydrogens is 344 g/mol. The maximum atomic E-state index is 3.66. The lowest BCUT2D eigenvalue weighted by Gasteiger charge is -2.39. The van der Waals surface area contributed by atoms with E-state index in [4.69, 9.17) is 0 Å². The molecular formula is C24H54N4. The summed E-state index contributed by atoms with van der Waals surface area (Å²) in [6.45, 7) is 31.4. The first-order valence-corrected chi connectivity index (χ1v) is 12.0. The van der Waals surface area contributed by atoms with Crippen LogP contribution in [0.1, 0.15) is 88.5 Å². The number of nitrogens with one attached hydrogen (secondary N) is 1. The number of rotatable bonds is 16. The minimum absolute atomic E-state index is 0.259. The van der Waals surface area contributed by atoms with Crippen molar-refractivity contribution in [2.75, 3.05) is 45.8 Å². The summed E-state index contributed by atoms with van der Waals surface area (Å²) in [6, 6.07) is 1.91. The van der Waals surface area contributed by atoms with Crippen LogP contribution in [-0.4, -0.2) is 84.2 Å². The second kappa shape index (κ2) is 14.8. The summed E-state index contributed by atoms with van der Waals surface area (Å²) in [4.78, 5) is 7.82. The van der Waals surface area contributed by atoms with E-state index >= 15 is 0 Å². The van der Waals surface area contributed by atoms with Gasteiger partial charge in [0.1, 0.15) is 0 Å². The topological polar surface area (TPSA) is 21.8 Å². The Morgan fingerprint density at radius 1 is 0.643 bits per heavy atom. The summed E-state index contributed by atoms with van der Waals surface area (Å²) in [5, 5.41) is 3.66. The molecule has 0 fully saturated rings. The Labute approximate surface area is 178 Å². The molecule has 0 aromatic rings. The second-order valence-corrected chi connectivity index (χ2v) is 10.1. The molecule has 4 heteroatoms. The fourth-order valence-electron chi connectivity index (χ4n) is 4.16.